The molecule has 0 heterocycles. The van der Waals surface area contributed by atoms with E-state index in [1.807, 2.05) is 0 Å². The van der Waals surface area contributed by atoms with E-state index in [0.717, 1.165) is 8.95 Å². The van der Waals surface area contributed by atoms with Crippen molar-refractivity contribution in [1.29, 1.82) is 0 Å². The van der Waals surface area contributed by atoms with Crippen LogP contribution in [0.25, 0.3) is 0 Å². The van der Waals surface area contributed by atoms with E-state index in [0.29, 0.717) is 0 Å². The molecule has 0 fully saturated rings. The molecular weight excluding hydrogens is 848 g/mol. The van der Waals surface area contributed by atoms with Crippen LogP contribution in [0.2, 0.25) is 0 Å². The summed E-state index contributed by atoms with van der Waals surface area (Å²) in [5, 5.41) is 0. The van der Waals surface area contributed by atoms with Crippen molar-refractivity contribution < 1.29 is 24.6 Å². The Morgan fingerprint density at radius 2 is 0.857 bits per heavy atom. The fraction of sp³-hybridized carbons (Fsp3) is 0.143. The fourth-order valence-electron chi connectivity index (χ4n) is 2.06. The van der Waals surface area contributed by atoms with E-state index >= 15 is 0 Å². The van der Waals surface area contributed by atoms with Crippen molar-refractivity contribution in [3.8, 4) is 0 Å². The summed E-state index contributed by atoms with van der Waals surface area (Å²) in [5.41, 5.74) is 2.81. The Morgan fingerprint density at radius 1 is 0.571 bits per heavy atom. The Labute approximate surface area is 187 Å². The normalized spacial score (nSPS) is 10.6. The fourth-order valence-corrected chi connectivity index (χ4v) is 20.7. The van der Waals surface area contributed by atoms with Gasteiger partial charge in [0.1, 0.15) is 0 Å². The van der Waals surface area contributed by atoms with Crippen LogP contribution in [0.4, 0.5) is 0 Å². The summed E-state index contributed by atoms with van der Waals surface area (Å²) in [5.74, 6) is 0. The average molecular weight is 856 g/mol. The molecule has 0 aliphatic heterocycles. The van der Waals surface area contributed by atoms with E-state index in [4.69, 9.17) is 0 Å². The van der Waals surface area contributed by atoms with E-state index in [1.165, 1.54) is 36.9 Å². The van der Waals surface area contributed by atoms with E-state index in [1.54, 1.807) is 0 Å². The third-order valence-corrected chi connectivity index (χ3v) is 13.4. The van der Waals surface area contributed by atoms with Crippen molar-refractivity contribution in [2.24, 2.45) is 0 Å². The minimum atomic E-state index is -1.04. The topological polar surface area (TPSA) is 0 Å². The van der Waals surface area contributed by atoms with Crippen molar-refractivity contribution in [3.05, 3.63) is 62.2 Å². The second kappa shape index (κ2) is 9.09. The molecule has 0 saturated heterocycles. The third-order valence-electron chi connectivity index (χ3n) is 3.07. The third kappa shape index (κ3) is 5.63. The maximum atomic E-state index is 3.67. The van der Waals surface area contributed by atoms with Gasteiger partial charge in [0.2, 0.25) is 0 Å². The molecule has 0 bridgehead atoms. The van der Waals surface area contributed by atoms with Crippen LogP contribution in [0.3, 0.4) is 0 Å². The molecule has 0 aliphatic rings. The van der Waals surface area contributed by atoms with Gasteiger partial charge in [-0.1, -0.05) is 0 Å². The number of hydrogen-bond acceptors (Lipinski definition) is 0. The number of halogens is 6. The molecule has 0 atom stereocenters. The molecule has 0 unspecified atom stereocenters. The molecule has 2 aromatic carbocycles. The maximum absolute atomic E-state index is 3.67. The van der Waals surface area contributed by atoms with Crippen LogP contribution in [0.15, 0.2) is 51.1 Å². The van der Waals surface area contributed by atoms with Gasteiger partial charge in [-0.3, -0.25) is 0 Å². The molecule has 0 aliphatic carbocycles. The summed E-state index contributed by atoms with van der Waals surface area (Å²) in [6, 6.07) is 8.50. The van der Waals surface area contributed by atoms with Crippen LogP contribution in [0.5, 0.6) is 0 Å². The van der Waals surface area contributed by atoms with Crippen LogP contribution >= 0.6 is 95.6 Å². The molecule has 21 heavy (non-hydrogen) atoms. The number of benzene rings is 2. The molecule has 108 valence electrons. The Hall–Kier alpha value is 2.26. The molecule has 0 aromatic heterocycles. The van der Waals surface area contributed by atoms with Gasteiger partial charge in [-0.2, -0.15) is 0 Å². The first kappa shape index (κ1) is 19.6. The summed E-state index contributed by atoms with van der Waals surface area (Å²) in [6.45, 7) is 0. The zero-order valence-corrected chi connectivity index (χ0v) is 25.7. The van der Waals surface area contributed by atoms with Crippen molar-refractivity contribution in [2.45, 2.75) is 7.86 Å². The van der Waals surface area contributed by atoms with Crippen LogP contribution in [-0.2, 0) is 32.4 Å². The van der Waals surface area contributed by atoms with Gasteiger partial charge >= 0.3 is 190 Å². The van der Waals surface area contributed by atoms with Crippen LogP contribution in [0, 0.1) is 0 Å². The number of rotatable bonds is 4. The standard InChI is InChI=1S/2C7H4Br3.Hg/c2*1-4-6(9)2-5(8)3-7(4)10;/h2*2-3H,1H2;. The molecule has 0 saturated carbocycles. The molecule has 2 rings (SSSR count). The second-order valence-electron chi connectivity index (χ2n) is 4.55. The Balaban J connectivity index is 2.09. The van der Waals surface area contributed by atoms with E-state index < -0.39 is 24.6 Å². The molecule has 0 amide bonds. The van der Waals surface area contributed by atoms with Gasteiger partial charge in [0.15, 0.2) is 0 Å². The van der Waals surface area contributed by atoms with Gasteiger partial charge in [0.05, 0.1) is 0 Å². The average Bonchev–Trinajstić information content (AvgIpc) is 2.34. The zero-order chi connectivity index (χ0) is 15.6. The van der Waals surface area contributed by atoms with E-state index in [-0.39, 0.29) is 0 Å². The van der Waals surface area contributed by atoms with Crippen molar-refractivity contribution in [1.82, 2.24) is 0 Å². The summed E-state index contributed by atoms with van der Waals surface area (Å²) in [7, 11) is 0. The molecule has 7 heteroatoms. The summed E-state index contributed by atoms with van der Waals surface area (Å²) < 4.78 is 9.44. The molecule has 0 radical (unpaired) electrons. The van der Waals surface area contributed by atoms with Gasteiger partial charge < -0.3 is 0 Å². The van der Waals surface area contributed by atoms with Gasteiger partial charge in [-0.25, -0.2) is 0 Å². The van der Waals surface area contributed by atoms with Crippen LogP contribution < -0.4 is 0 Å². The van der Waals surface area contributed by atoms with Crippen molar-refractivity contribution >= 4 is 95.6 Å². The number of hydrogen-bond donors (Lipinski definition) is 0. The Morgan fingerprint density at radius 3 is 1.14 bits per heavy atom. The first-order chi connectivity index (χ1) is 9.88. The van der Waals surface area contributed by atoms with Crippen molar-refractivity contribution in [2.75, 3.05) is 0 Å². The van der Waals surface area contributed by atoms with Gasteiger partial charge in [-0.15, -0.1) is 0 Å². The molecule has 2 aromatic rings. The molecular formula is C14H8Br6Hg. The Bertz CT molecular complexity index is 567. The second-order valence-corrected chi connectivity index (χ2v) is 16.4. The monoisotopic (exact) mass is 852 g/mol. The van der Waals surface area contributed by atoms with E-state index in [9.17, 15) is 0 Å². The quantitative estimate of drug-likeness (QED) is 0.274. The summed E-state index contributed by atoms with van der Waals surface area (Å²) >= 11 is 20.7. The summed E-state index contributed by atoms with van der Waals surface area (Å²) in [4.78, 5) is 0. The SMILES string of the molecule is Brc1cc(Br)c([CH2][Hg][CH2]c2c(Br)cc(Br)cc2Br)c(Br)c1. The first-order valence-electron chi connectivity index (χ1n) is 6.15. The molecule has 0 N–H and O–H groups in total. The predicted molar refractivity (Wildman–Crippen MR) is 106 cm³/mol. The summed E-state index contributed by atoms with van der Waals surface area (Å²) in [6.07, 6.45) is 0. The van der Waals surface area contributed by atoms with Gasteiger partial charge in [-0.05, 0) is 0 Å². The molecule has 0 nitrogen and oxygen atoms in total. The van der Waals surface area contributed by atoms with E-state index in [2.05, 4.69) is 120 Å². The first-order valence-corrected chi connectivity index (χ1v) is 18.7. The van der Waals surface area contributed by atoms with Crippen LogP contribution in [-0.4, -0.2) is 0 Å². The van der Waals surface area contributed by atoms with Gasteiger partial charge in [0.25, 0.3) is 0 Å². The minimum absolute atomic E-state index is 1.04. The molecule has 0 spiro atoms. The van der Waals surface area contributed by atoms with Crippen molar-refractivity contribution in [3.63, 3.8) is 0 Å². The van der Waals surface area contributed by atoms with Crippen LogP contribution in [0.1, 0.15) is 11.1 Å². The predicted octanol–water partition coefficient (Wildman–Crippen LogP) is 8.04. The van der Waals surface area contributed by atoms with Gasteiger partial charge in [0, 0.05) is 0 Å². The zero-order valence-electron chi connectivity index (χ0n) is 10.7. The Kier molecular flexibility index (Phi) is 8.48.